The Morgan fingerprint density at radius 3 is 2.52 bits per heavy atom. The van der Waals surface area contributed by atoms with Crippen LogP contribution in [0.15, 0.2) is 46.5 Å². The second-order valence-corrected chi connectivity index (χ2v) is 8.64. The molecule has 1 aromatic rings. The van der Waals surface area contributed by atoms with Crippen molar-refractivity contribution in [2.75, 3.05) is 7.11 Å². The maximum Gasteiger partial charge on any atom is 0.337 e. The second kappa shape index (κ2) is 9.51. The average molecular weight is 420 g/mol. The second-order valence-electron chi connectivity index (χ2n) is 8.16. The third kappa shape index (κ3) is 5.87. The number of esters is 1. The minimum Gasteiger partial charge on any atom is -0.507 e. The van der Waals surface area contributed by atoms with E-state index in [-0.39, 0.29) is 16.9 Å². The highest BCUT2D eigenvalue weighted by atomic mass is 35.5. The number of ether oxygens (including phenoxy) is 1. The van der Waals surface area contributed by atoms with Gasteiger partial charge in [-0.25, -0.2) is 4.79 Å². The van der Waals surface area contributed by atoms with Crippen molar-refractivity contribution in [3.63, 3.8) is 0 Å². The zero-order valence-electron chi connectivity index (χ0n) is 17.7. The molecular formula is C23H30ClNO4. The summed E-state index contributed by atoms with van der Waals surface area (Å²) >= 11 is 6.09. The molecule has 0 amide bonds. The van der Waals surface area contributed by atoms with Gasteiger partial charge in [0, 0.05) is 28.3 Å². The highest BCUT2D eigenvalue weighted by Gasteiger charge is 2.26. The van der Waals surface area contributed by atoms with Crippen molar-refractivity contribution in [3.05, 3.63) is 57.7 Å². The maximum absolute atomic E-state index is 11.8. The number of benzene rings is 1. The van der Waals surface area contributed by atoms with E-state index in [1.54, 1.807) is 18.2 Å². The molecule has 0 radical (unpaired) electrons. The van der Waals surface area contributed by atoms with Gasteiger partial charge in [-0.3, -0.25) is 0 Å². The number of rotatable bonds is 6. The van der Waals surface area contributed by atoms with E-state index in [9.17, 15) is 15.0 Å². The molecule has 0 fully saturated rings. The molecule has 1 unspecified atom stereocenters. The van der Waals surface area contributed by atoms with Crippen molar-refractivity contribution in [2.24, 2.45) is 0 Å². The molecule has 6 heteroatoms. The number of phenols is 1. The zero-order chi connectivity index (χ0) is 21.8. The number of methoxy groups -OCH3 is 1. The number of aliphatic hydroxyl groups is 1. The van der Waals surface area contributed by atoms with Crippen LogP contribution in [0.5, 0.6) is 5.75 Å². The lowest BCUT2D eigenvalue weighted by Crippen LogP contribution is -2.35. The molecule has 0 aromatic heterocycles. The summed E-state index contributed by atoms with van der Waals surface area (Å²) in [7, 11) is 1.30. The van der Waals surface area contributed by atoms with E-state index in [0.29, 0.717) is 23.4 Å². The molecule has 0 saturated heterocycles. The van der Waals surface area contributed by atoms with E-state index >= 15 is 0 Å². The molecule has 2 rings (SSSR count). The van der Waals surface area contributed by atoms with Crippen molar-refractivity contribution < 1.29 is 19.7 Å². The number of carbonyl (C=O) groups excluding carboxylic acids is 1. The van der Waals surface area contributed by atoms with Gasteiger partial charge in [0.2, 0.25) is 0 Å². The highest BCUT2D eigenvalue weighted by molar-refractivity contribution is 6.29. The van der Waals surface area contributed by atoms with Crippen molar-refractivity contribution in [3.8, 4) is 5.75 Å². The normalized spacial score (nSPS) is 17.8. The topological polar surface area (TPSA) is 78.8 Å². The Hall–Kier alpha value is -2.24. The first-order chi connectivity index (χ1) is 13.6. The molecule has 3 N–H and O–H groups in total. The first-order valence-corrected chi connectivity index (χ1v) is 10.1. The van der Waals surface area contributed by atoms with Crippen LogP contribution in [-0.2, 0) is 4.74 Å². The number of hydrogen-bond acceptors (Lipinski definition) is 5. The molecule has 5 nitrogen and oxygen atoms in total. The SMILES string of the molecule is CCC/C(C1=CC=C(Cl)CC1O)=C(/NC(C)(C)C)c1ccc(C(=O)OC)cc1O. The quantitative estimate of drug-likeness (QED) is 0.572. The Kier molecular flexibility index (Phi) is 7.55. The third-order valence-electron chi connectivity index (χ3n) is 4.53. The third-order valence-corrected chi connectivity index (χ3v) is 4.81. The van der Waals surface area contributed by atoms with Gasteiger partial charge >= 0.3 is 5.97 Å². The first kappa shape index (κ1) is 23.0. The lowest BCUT2D eigenvalue weighted by Gasteiger charge is -2.30. The van der Waals surface area contributed by atoms with E-state index in [1.807, 2.05) is 26.8 Å². The predicted molar refractivity (Wildman–Crippen MR) is 117 cm³/mol. The number of halogens is 1. The Morgan fingerprint density at radius 1 is 1.31 bits per heavy atom. The number of nitrogens with one attached hydrogen (secondary N) is 1. The summed E-state index contributed by atoms with van der Waals surface area (Å²) < 4.78 is 4.74. The molecule has 1 aromatic carbocycles. The fourth-order valence-corrected chi connectivity index (χ4v) is 3.50. The minimum atomic E-state index is -0.720. The number of phenolic OH excluding ortho intramolecular Hbond substituents is 1. The van der Waals surface area contributed by atoms with Gasteiger partial charge in [-0.1, -0.05) is 31.0 Å². The molecule has 0 spiro atoms. The lowest BCUT2D eigenvalue weighted by atomic mass is 9.87. The van der Waals surface area contributed by atoms with Crippen molar-refractivity contribution >= 4 is 23.3 Å². The lowest BCUT2D eigenvalue weighted by molar-refractivity contribution is 0.0600. The van der Waals surface area contributed by atoms with Crippen LogP contribution >= 0.6 is 11.6 Å². The van der Waals surface area contributed by atoms with Gasteiger partial charge in [0.15, 0.2) is 0 Å². The standard InChI is InChI=1S/C23H30ClNO4/c1-6-7-17(16-11-9-15(24)13-20(16)27)21(25-23(2,3)4)18-10-8-14(12-19(18)26)22(28)29-5/h8-12,20,25-27H,6-7,13H2,1-5H3/b21-17-. The van der Waals surface area contributed by atoms with Gasteiger partial charge in [-0.15, -0.1) is 0 Å². The number of allylic oxidation sites excluding steroid dienone is 2. The van der Waals surface area contributed by atoms with Crippen molar-refractivity contribution in [1.82, 2.24) is 5.32 Å². The fourth-order valence-electron chi connectivity index (χ4n) is 3.29. The molecular weight excluding hydrogens is 390 g/mol. The van der Waals surface area contributed by atoms with Crippen LogP contribution in [0.3, 0.4) is 0 Å². The Morgan fingerprint density at radius 2 is 2.00 bits per heavy atom. The van der Waals surface area contributed by atoms with E-state index < -0.39 is 12.1 Å². The Bertz CT molecular complexity index is 862. The van der Waals surface area contributed by atoms with E-state index in [1.165, 1.54) is 13.2 Å². The van der Waals surface area contributed by atoms with Crippen LogP contribution in [0.2, 0.25) is 0 Å². The van der Waals surface area contributed by atoms with Crippen LogP contribution in [-0.4, -0.2) is 34.9 Å². The fraction of sp³-hybridized carbons (Fsp3) is 0.435. The average Bonchev–Trinajstić information content (AvgIpc) is 2.63. The van der Waals surface area contributed by atoms with Crippen molar-refractivity contribution in [1.29, 1.82) is 0 Å². The van der Waals surface area contributed by atoms with Gasteiger partial charge in [0.25, 0.3) is 0 Å². The van der Waals surface area contributed by atoms with Gasteiger partial charge in [-0.2, -0.15) is 0 Å². The zero-order valence-corrected chi connectivity index (χ0v) is 18.4. The number of aromatic hydroxyl groups is 1. The summed E-state index contributed by atoms with van der Waals surface area (Å²) in [4.78, 5) is 11.8. The number of hydrogen-bond donors (Lipinski definition) is 3. The molecule has 0 bridgehead atoms. The molecule has 1 aliphatic rings. The molecule has 1 atom stereocenters. The Balaban J connectivity index is 2.71. The number of aliphatic hydroxyl groups excluding tert-OH is 1. The summed E-state index contributed by atoms with van der Waals surface area (Å²) in [5.41, 5.74) is 2.95. The smallest absolute Gasteiger partial charge is 0.337 e. The van der Waals surface area contributed by atoms with Gasteiger partial charge < -0.3 is 20.3 Å². The summed E-state index contributed by atoms with van der Waals surface area (Å²) in [5.74, 6) is -0.548. The summed E-state index contributed by atoms with van der Waals surface area (Å²) in [6.45, 7) is 8.14. The van der Waals surface area contributed by atoms with Gasteiger partial charge in [0.1, 0.15) is 5.75 Å². The molecule has 1 aliphatic carbocycles. The van der Waals surface area contributed by atoms with Crippen molar-refractivity contribution in [2.45, 2.75) is 58.6 Å². The number of carbonyl (C=O) groups is 1. The van der Waals surface area contributed by atoms with Crippen LogP contribution in [0.4, 0.5) is 0 Å². The largest absolute Gasteiger partial charge is 0.507 e. The highest BCUT2D eigenvalue weighted by Crippen LogP contribution is 2.36. The molecule has 0 heterocycles. The summed E-state index contributed by atoms with van der Waals surface area (Å²) in [5, 5.41) is 25.5. The van der Waals surface area contributed by atoms with E-state index in [2.05, 4.69) is 12.2 Å². The molecule has 29 heavy (non-hydrogen) atoms. The van der Waals surface area contributed by atoms with Gasteiger partial charge in [0.05, 0.1) is 18.8 Å². The first-order valence-electron chi connectivity index (χ1n) is 9.75. The molecule has 158 valence electrons. The van der Waals surface area contributed by atoms with E-state index in [4.69, 9.17) is 16.3 Å². The molecule has 0 aliphatic heterocycles. The maximum atomic E-state index is 11.8. The minimum absolute atomic E-state index is 0.0345. The van der Waals surface area contributed by atoms with Crippen LogP contribution in [0.25, 0.3) is 5.70 Å². The van der Waals surface area contributed by atoms with Crippen LogP contribution < -0.4 is 5.32 Å². The van der Waals surface area contributed by atoms with Crippen LogP contribution in [0, 0.1) is 0 Å². The molecule has 0 saturated carbocycles. The van der Waals surface area contributed by atoms with Crippen LogP contribution in [0.1, 0.15) is 62.9 Å². The van der Waals surface area contributed by atoms with Gasteiger partial charge in [-0.05, 0) is 62.6 Å². The Labute approximate surface area is 177 Å². The predicted octanol–water partition coefficient (Wildman–Crippen LogP) is 4.89. The summed E-state index contributed by atoms with van der Waals surface area (Å²) in [6.07, 6.45) is 4.83. The van der Waals surface area contributed by atoms with E-state index in [0.717, 1.165) is 23.3 Å². The monoisotopic (exact) mass is 419 g/mol. The summed E-state index contributed by atoms with van der Waals surface area (Å²) in [6, 6.07) is 4.72.